The number of ether oxygens (including phenoxy) is 1. The van der Waals surface area contributed by atoms with Gasteiger partial charge in [0.05, 0.1) is 7.11 Å². The van der Waals surface area contributed by atoms with Crippen LogP contribution in [0.4, 0.5) is 5.69 Å². The monoisotopic (exact) mass is 193 g/mol. The van der Waals surface area contributed by atoms with E-state index in [9.17, 15) is 0 Å². The molecule has 0 radical (unpaired) electrons. The summed E-state index contributed by atoms with van der Waals surface area (Å²) in [5.41, 5.74) is 8.16. The Labute approximate surface area is 86.1 Å². The Morgan fingerprint density at radius 2 is 1.93 bits per heavy atom. The van der Waals surface area contributed by atoms with Crippen molar-refractivity contribution in [1.82, 2.24) is 0 Å². The van der Waals surface area contributed by atoms with Crippen molar-refractivity contribution in [3.63, 3.8) is 0 Å². The van der Waals surface area contributed by atoms with Crippen LogP contribution in [0.25, 0.3) is 0 Å². The zero-order valence-corrected chi connectivity index (χ0v) is 9.42. The first-order valence-corrected chi connectivity index (χ1v) is 4.85. The Kier molecular flexibility index (Phi) is 3.04. The van der Waals surface area contributed by atoms with Gasteiger partial charge in [-0.2, -0.15) is 0 Å². The van der Waals surface area contributed by atoms with Crippen LogP contribution in [0, 0.1) is 5.41 Å². The largest absolute Gasteiger partial charge is 0.497 e. The highest BCUT2D eigenvalue weighted by Gasteiger charge is 2.13. The summed E-state index contributed by atoms with van der Waals surface area (Å²) in [4.78, 5) is 0. The third-order valence-corrected chi connectivity index (χ3v) is 2.07. The number of hydrogen-bond acceptors (Lipinski definition) is 2. The number of methoxy groups -OCH3 is 1. The normalized spacial score (nSPS) is 11.4. The number of nitrogens with two attached hydrogens (primary N) is 1. The van der Waals surface area contributed by atoms with Crippen molar-refractivity contribution in [3.8, 4) is 5.75 Å². The molecular weight excluding hydrogens is 174 g/mol. The minimum Gasteiger partial charge on any atom is -0.497 e. The van der Waals surface area contributed by atoms with Crippen LogP contribution >= 0.6 is 0 Å². The molecule has 0 aromatic heterocycles. The molecule has 0 saturated carbocycles. The molecule has 0 unspecified atom stereocenters. The number of anilines is 1. The van der Waals surface area contributed by atoms with E-state index in [-0.39, 0.29) is 5.41 Å². The van der Waals surface area contributed by atoms with Crippen molar-refractivity contribution >= 4 is 5.69 Å². The molecule has 0 heterocycles. The molecule has 0 aliphatic carbocycles. The van der Waals surface area contributed by atoms with Crippen molar-refractivity contribution in [2.45, 2.75) is 27.2 Å². The standard InChI is InChI=1S/C12H19NO/c1-12(2,3)8-9-7-10(14-4)5-6-11(9)13/h5-7H,8,13H2,1-4H3. The zero-order valence-electron chi connectivity index (χ0n) is 9.42. The fourth-order valence-corrected chi connectivity index (χ4v) is 1.43. The lowest BCUT2D eigenvalue weighted by atomic mass is 9.87. The van der Waals surface area contributed by atoms with Gasteiger partial charge in [-0.25, -0.2) is 0 Å². The molecular formula is C12H19NO. The van der Waals surface area contributed by atoms with Crippen LogP contribution < -0.4 is 10.5 Å². The van der Waals surface area contributed by atoms with E-state index in [2.05, 4.69) is 20.8 Å². The van der Waals surface area contributed by atoms with Crippen molar-refractivity contribution in [1.29, 1.82) is 0 Å². The first kappa shape index (κ1) is 10.9. The van der Waals surface area contributed by atoms with Gasteiger partial charge in [0.2, 0.25) is 0 Å². The van der Waals surface area contributed by atoms with E-state index < -0.39 is 0 Å². The van der Waals surface area contributed by atoms with Gasteiger partial charge < -0.3 is 10.5 Å². The molecule has 2 nitrogen and oxygen atoms in total. The molecule has 0 aliphatic heterocycles. The van der Waals surface area contributed by atoms with Gasteiger partial charge in [0.1, 0.15) is 5.75 Å². The average Bonchev–Trinajstić information content (AvgIpc) is 2.06. The maximum atomic E-state index is 5.90. The maximum absolute atomic E-state index is 5.90. The Bertz CT molecular complexity index is 313. The second-order valence-corrected chi connectivity index (χ2v) is 4.80. The molecule has 1 aromatic rings. The lowest BCUT2D eigenvalue weighted by molar-refractivity contribution is 0.402. The number of nitrogen functional groups attached to an aromatic ring is 1. The van der Waals surface area contributed by atoms with Crippen LogP contribution in [0.1, 0.15) is 26.3 Å². The molecule has 2 heteroatoms. The van der Waals surface area contributed by atoms with Crippen molar-refractivity contribution in [2.24, 2.45) is 5.41 Å². The molecule has 78 valence electrons. The number of hydrogen-bond donors (Lipinski definition) is 1. The molecule has 0 saturated heterocycles. The van der Waals surface area contributed by atoms with Crippen molar-refractivity contribution < 1.29 is 4.74 Å². The van der Waals surface area contributed by atoms with Crippen LogP contribution in [0.3, 0.4) is 0 Å². The Morgan fingerprint density at radius 1 is 1.29 bits per heavy atom. The van der Waals surface area contributed by atoms with Gasteiger partial charge in [0, 0.05) is 5.69 Å². The van der Waals surface area contributed by atoms with E-state index in [0.29, 0.717) is 0 Å². The lowest BCUT2D eigenvalue weighted by Gasteiger charge is -2.19. The molecule has 0 aliphatic rings. The van der Waals surface area contributed by atoms with Gasteiger partial charge in [-0.05, 0) is 35.6 Å². The van der Waals surface area contributed by atoms with Gasteiger partial charge >= 0.3 is 0 Å². The molecule has 14 heavy (non-hydrogen) atoms. The highest BCUT2D eigenvalue weighted by atomic mass is 16.5. The Balaban J connectivity index is 2.95. The Hall–Kier alpha value is -1.18. The van der Waals surface area contributed by atoms with E-state index in [0.717, 1.165) is 23.4 Å². The predicted octanol–water partition coefficient (Wildman–Crippen LogP) is 2.87. The van der Waals surface area contributed by atoms with Crippen LogP contribution in [0.15, 0.2) is 18.2 Å². The first-order valence-electron chi connectivity index (χ1n) is 4.85. The van der Waals surface area contributed by atoms with Gasteiger partial charge in [-0.15, -0.1) is 0 Å². The van der Waals surface area contributed by atoms with E-state index >= 15 is 0 Å². The SMILES string of the molecule is COc1ccc(N)c(CC(C)(C)C)c1. The topological polar surface area (TPSA) is 35.2 Å². The summed E-state index contributed by atoms with van der Waals surface area (Å²) in [6, 6.07) is 5.81. The van der Waals surface area contributed by atoms with Crippen LogP contribution in [0.2, 0.25) is 0 Å². The number of rotatable bonds is 2. The van der Waals surface area contributed by atoms with Crippen LogP contribution in [0.5, 0.6) is 5.75 Å². The third kappa shape index (κ3) is 2.95. The fraction of sp³-hybridized carbons (Fsp3) is 0.500. The van der Waals surface area contributed by atoms with Gasteiger partial charge in [0.15, 0.2) is 0 Å². The summed E-state index contributed by atoms with van der Waals surface area (Å²) in [6.45, 7) is 6.60. The van der Waals surface area contributed by atoms with Crippen molar-refractivity contribution in [3.05, 3.63) is 23.8 Å². The third-order valence-electron chi connectivity index (χ3n) is 2.07. The van der Waals surface area contributed by atoms with Crippen LogP contribution in [-0.2, 0) is 6.42 Å². The summed E-state index contributed by atoms with van der Waals surface area (Å²) < 4.78 is 5.17. The molecule has 0 spiro atoms. The first-order chi connectivity index (χ1) is 6.42. The van der Waals surface area contributed by atoms with E-state index in [1.54, 1.807) is 7.11 Å². The van der Waals surface area contributed by atoms with Crippen LogP contribution in [-0.4, -0.2) is 7.11 Å². The summed E-state index contributed by atoms with van der Waals surface area (Å²) in [5.74, 6) is 0.874. The quantitative estimate of drug-likeness (QED) is 0.733. The molecule has 1 rings (SSSR count). The summed E-state index contributed by atoms with van der Waals surface area (Å²) in [7, 11) is 1.67. The van der Waals surface area contributed by atoms with Gasteiger partial charge in [0.25, 0.3) is 0 Å². The molecule has 1 aromatic carbocycles. The minimum absolute atomic E-state index is 0.250. The maximum Gasteiger partial charge on any atom is 0.119 e. The molecule has 0 amide bonds. The molecule has 0 fully saturated rings. The summed E-state index contributed by atoms with van der Waals surface area (Å²) >= 11 is 0. The molecule has 0 bridgehead atoms. The molecule has 0 atom stereocenters. The van der Waals surface area contributed by atoms with Crippen molar-refractivity contribution in [2.75, 3.05) is 12.8 Å². The highest BCUT2D eigenvalue weighted by Crippen LogP contribution is 2.27. The summed E-state index contributed by atoms with van der Waals surface area (Å²) in [6.07, 6.45) is 0.968. The Morgan fingerprint density at radius 3 is 2.43 bits per heavy atom. The number of benzene rings is 1. The van der Waals surface area contributed by atoms with E-state index in [1.165, 1.54) is 0 Å². The lowest BCUT2D eigenvalue weighted by Crippen LogP contribution is -2.10. The van der Waals surface area contributed by atoms with Gasteiger partial charge in [-0.3, -0.25) is 0 Å². The molecule has 2 N–H and O–H groups in total. The van der Waals surface area contributed by atoms with E-state index in [1.807, 2.05) is 18.2 Å². The fourth-order valence-electron chi connectivity index (χ4n) is 1.43. The van der Waals surface area contributed by atoms with E-state index in [4.69, 9.17) is 10.5 Å². The smallest absolute Gasteiger partial charge is 0.119 e. The minimum atomic E-state index is 0.250. The predicted molar refractivity (Wildman–Crippen MR) is 60.6 cm³/mol. The van der Waals surface area contributed by atoms with Gasteiger partial charge in [-0.1, -0.05) is 20.8 Å². The summed E-state index contributed by atoms with van der Waals surface area (Å²) in [5, 5.41) is 0. The highest BCUT2D eigenvalue weighted by molar-refractivity contribution is 5.50. The second-order valence-electron chi connectivity index (χ2n) is 4.80. The average molecular weight is 193 g/mol. The zero-order chi connectivity index (χ0) is 10.8. The second kappa shape index (κ2) is 3.91.